The molecular formula is C14H23N3O3S. The molecule has 0 aromatic carbocycles. The second-order valence-corrected chi connectivity index (χ2v) is 8.23. The zero-order valence-corrected chi connectivity index (χ0v) is 13.5. The lowest BCUT2D eigenvalue weighted by molar-refractivity contribution is -0.00919. The van der Waals surface area contributed by atoms with E-state index in [1.165, 1.54) is 0 Å². The summed E-state index contributed by atoms with van der Waals surface area (Å²) in [7, 11) is -1.27. The van der Waals surface area contributed by atoms with Gasteiger partial charge in [0.25, 0.3) is 0 Å². The summed E-state index contributed by atoms with van der Waals surface area (Å²) < 4.78 is 34.7. The number of rotatable bonds is 3. The highest BCUT2D eigenvalue weighted by Crippen LogP contribution is 2.30. The molecule has 1 aliphatic heterocycles. The van der Waals surface area contributed by atoms with E-state index < -0.39 is 10.0 Å². The second-order valence-electron chi connectivity index (χ2n) is 6.02. The minimum Gasteiger partial charge on any atom is -0.368 e. The zero-order chi connectivity index (χ0) is 15.0. The first kappa shape index (κ1) is 15.0. The molecule has 1 atom stereocenters. The molecule has 0 N–H and O–H groups in total. The third-order valence-electron chi connectivity index (χ3n) is 4.43. The van der Waals surface area contributed by atoms with E-state index in [0.717, 1.165) is 37.2 Å². The van der Waals surface area contributed by atoms with Crippen molar-refractivity contribution in [2.45, 2.75) is 44.0 Å². The van der Waals surface area contributed by atoms with E-state index in [9.17, 15) is 8.42 Å². The molecule has 2 fully saturated rings. The minimum atomic E-state index is -3.19. The summed E-state index contributed by atoms with van der Waals surface area (Å²) in [4.78, 5) is 4.46. The fourth-order valence-electron chi connectivity index (χ4n) is 3.34. The van der Waals surface area contributed by atoms with Crippen molar-refractivity contribution >= 4 is 10.0 Å². The van der Waals surface area contributed by atoms with Gasteiger partial charge in [-0.2, -0.15) is 4.31 Å². The van der Waals surface area contributed by atoms with Crippen molar-refractivity contribution in [3.8, 4) is 0 Å². The number of ether oxygens (including phenoxy) is 1. The molecule has 2 heterocycles. The molecule has 1 unspecified atom stereocenters. The first-order valence-electron chi connectivity index (χ1n) is 7.59. The number of sulfonamides is 1. The molecule has 1 aliphatic carbocycles. The summed E-state index contributed by atoms with van der Waals surface area (Å²) in [5.74, 6) is 0.804. The highest BCUT2D eigenvalue weighted by Gasteiger charge is 2.38. The highest BCUT2D eigenvalue weighted by atomic mass is 32.2. The lowest BCUT2D eigenvalue weighted by Crippen LogP contribution is -2.46. The molecule has 6 nitrogen and oxygen atoms in total. The molecule has 0 radical (unpaired) electrons. The van der Waals surface area contributed by atoms with E-state index in [2.05, 4.69) is 4.98 Å². The number of morpholine rings is 1. The maximum absolute atomic E-state index is 12.7. The van der Waals surface area contributed by atoms with Gasteiger partial charge in [0.05, 0.1) is 17.6 Å². The van der Waals surface area contributed by atoms with Crippen molar-refractivity contribution in [2.24, 2.45) is 7.05 Å². The molecule has 118 valence electrons. The Kier molecular flexibility index (Phi) is 4.07. The smallest absolute Gasteiger partial charge is 0.217 e. The van der Waals surface area contributed by atoms with Gasteiger partial charge in [-0.15, -0.1) is 0 Å². The van der Waals surface area contributed by atoms with Crippen LogP contribution >= 0.6 is 0 Å². The molecule has 1 aromatic heterocycles. The van der Waals surface area contributed by atoms with Crippen LogP contribution in [0.3, 0.4) is 0 Å². The van der Waals surface area contributed by atoms with E-state index in [-0.39, 0.29) is 11.4 Å². The van der Waals surface area contributed by atoms with E-state index in [1.54, 1.807) is 4.31 Å². The Morgan fingerprint density at radius 2 is 2.05 bits per heavy atom. The average molecular weight is 313 g/mol. The lowest BCUT2D eigenvalue weighted by atomic mass is 10.3. The van der Waals surface area contributed by atoms with Gasteiger partial charge in [0.1, 0.15) is 11.9 Å². The van der Waals surface area contributed by atoms with Gasteiger partial charge in [0, 0.05) is 26.3 Å². The SMILES string of the molecule is Cc1cn(C)c(C2CN(S(=O)(=O)C3CCCC3)CCO2)n1. The maximum Gasteiger partial charge on any atom is 0.217 e. The Balaban J connectivity index is 1.78. The molecule has 1 saturated carbocycles. The van der Waals surface area contributed by atoms with Gasteiger partial charge < -0.3 is 9.30 Å². The molecule has 21 heavy (non-hydrogen) atoms. The summed E-state index contributed by atoms with van der Waals surface area (Å²) in [6.45, 7) is 3.20. The summed E-state index contributed by atoms with van der Waals surface area (Å²) >= 11 is 0. The van der Waals surface area contributed by atoms with E-state index in [0.29, 0.717) is 19.7 Å². The summed E-state index contributed by atoms with van der Waals surface area (Å²) in [5, 5.41) is -0.195. The minimum absolute atomic E-state index is 0.195. The van der Waals surface area contributed by atoms with Crippen LogP contribution in [0.4, 0.5) is 0 Å². The molecule has 1 saturated heterocycles. The maximum atomic E-state index is 12.7. The third-order valence-corrected chi connectivity index (χ3v) is 6.80. The van der Waals surface area contributed by atoms with Crippen molar-refractivity contribution < 1.29 is 13.2 Å². The number of aromatic nitrogens is 2. The van der Waals surface area contributed by atoms with Crippen LogP contribution in [-0.4, -0.2) is 47.2 Å². The van der Waals surface area contributed by atoms with Crippen molar-refractivity contribution in [1.82, 2.24) is 13.9 Å². The number of imidazole rings is 1. The van der Waals surface area contributed by atoms with Crippen LogP contribution < -0.4 is 0 Å². The second kappa shape index (κ2) is 5.70. The molecule has 2 aliphatic rings. The summed E-state index contributed by atoms with van der Waals surface area (Å²) in [6.07, 6.45) is 5.31. The molecule has 3 rings (SSSR count). The highest BCUT2D eigenvalue weighted by molar-refractivity contribution is 7.89. The lowest BCUT2D eigenvalue weighted by Gasteiger charge is -2.33. The van der Waals surface area contributed by atoms with Gasteiger partial charge in [0.15, 0.2) is 0 Å². The van der Waals surface area contributed by atoms with Crippen LogP contribution in [0.25, 0.3) is 0 Å². The van der Waals surface area contributed by atoms with Crippen LogP contribution in [0.1, 0.15) is 43.3 Å². The van der Waals surface area contributed by atoms with Crippen molar-refractivity contribution in [3.05, 3.63) is 17.7 Å². The Morgan fingerprint density at radius 1 is 1.33 bits per heavy atom. The van der Waals surface area contributed by atoms with Gasteiger partial charge in [-0.3, -0.25) is 0 Å². The molecule has 0 amide bonds. The largest absolute Gasteiger partial charge is 0.368 e. The van der Waals surface area contributed by atoms with Crippen LogP contribution in [0.15, 0.2) is 6.20 Å². The molecule has 1 aromatic rings. The van der Waals surface area contributed by atoms with Crippen molar-refractivity contribution in [1.29, 1.82) is 0 Å². The molecule has 7 heteroatoms. The van der Waals surface area contributed by atoms with Crippen LogP contribution in [-0.2, 0) is 21.8 Å². The Labute approximate surface area is 126 Å². The van der Waals surface area contributed by atoms with E-state index in [4.69, 9.17) is 4.74 Å². The average Bonchev–Trinajstić information content (AvgIpc) is 3.09. The standard InChI is InChI=1S/C14H23N3O3S/c1-11-9-16(2)14(15-11)13-10-17(7-8-20-13)21(18,19)12-5-3-4-6-12/h9,12-13H,3-8,10H2,1-2H3. The molecular weight excluding hydrogens is 290 g/mol. The third kappa shape index (κ3) is 2.86. The number of hydrogen-bond acceptors (Lipinski definition) is 4. The molecule has 0 bridgehead atoms. The van der Waals surface area contributed by atoms with Crippen molar-refractivity contribution in [2.75, 3.05) is 19.7 Å². The van der Waals surface area contributed by atoms with Crippen molar-refractivity contribution in [3.63, 3.8) is 0 Å². The predicted octanol–water partition coefficient (Wildman–Crippen LogP) is 1.37. The first-order chi connectivity index (χ1) is 9.98. The molecule has 0 spiro atoms. The van der Waals surface area contributed by atoms with Gasteiger partial charge >= 0.3 is 0 Å². The van der Waals surface area contributed by atoms with Gasteiger partial charge in [-0.05, 0) is 19.8 Å². The van der Waals surface area contributed by atoms with Gasteiger partial charge in [-0.1, -0.05) is 12.8 Å². The summed E-state index contributed by atoms with van der Waals surface area (Å²) in [6, 6.07) is 0. The van der Waals surface area contributed by atoms with Gasteiger partial charge in [0.2, 0.25) is 10.0 Å². The quantitative estimate of drug-likeness (QED) is 0.845. The van der Waals surface area contributed by atoms with Gasteiger partial charge in [-0.25, -0.2) is 13.4 Å². The Hall–Kier alpha value is -0.920. The summed E-state index contributed by atoms with van der Waals surface area (Å²) in [5.41, 5.74) is 0.923. The fraction of sp³-hybridized carbons (Fsp3) is 0.786. The van der Waals surface area contributed by atoms with Crippen LogP contribution in [0, 0.1) is 6.92 Å². The topological polar surface area (TPSA) is 64.4 Å². The first-order valence-corrected chi connectivity index (χ1v) is 9.09. The number of hydrogen-bond donors (Lipinski definition) is 0. The normalized spacial score (nSPS) is 25.5. The number of aryl methyl sites for hydroxylation is 2. The number of nitrogens with zero attached hydrogens (tertiary/aromatic N) is 3. The predicted molar refractivity (Wildman–Crippen MR) is 79.4 cm³/mol. The fourth-order valence-corrected chi connectivity index (χ4v) is 5.37. The van der Waals surface area contributed by atoms with E-state index in [1.807, 2.05) is 24.7 Å². The zero-order valence-electron chi connectivity index (χ0n) is 12.7. The van der Waals surface area contributed by atoms with Crippen LogP contribution in [0.2, 0.25) is 0 Å². The Morgan fingerprint density at radius 3 is 2.67 bits per heavy atom. The van der Waals surface area contributed by atoms with Crippen LogP contribution in [0.5, 0.6) is 0 Å². The monoisotopic (exact) mass is 313 g/mol. The Bertz CT molecular complexity index is 605. The van der Waals surface area contributed by atoms with E-state index >= 15 is 0 Å².